The number of nitriles is 1. The highest BCUT2D eigenvalue weighted by Crippen LogP contribution is 2.17. The van der Waals surface area contributed by atoms with Crippen LogP contribution in [0.2, 0.25) is 0 Å². The number of aromatic amines is 1. The van der Waals surface area contributed by atoms with Gasteiger partial charge >= 0.3 is 5.97 Å². The van der Waals surface area contributed by atoms with Gasteiger partial charge in [-0.1, -0.05) is 0 Å². The molecule has 7 heteroatoms. The predicted octanol–water partition coefficient (Wildman–Crippen LogP) is 0.811. The second-order valence-corrected chi connectivity index (χ2v) is 2.93. The molecule has 84 valence electrons. The van der Waals surface area contributed by atoms with Crippen molar-refractivity contribution in [1.82, 2.24) is 4.98 Å². The van der Waals surface area contributed by atoms with Crippen molar-refractivity contribution in [3.8, 4) is 6.07 Å². The minimum Gasteiger partial charge on any atom is -0.481 e. The highest BCUT2D eigenvalue weighted by atomic mass is 19.3. The van der Waals surface area contributed by atoms with E-state index in [0.29, 0.717) is 0 Å². The first-order chi connectivity index (χ1) is 7.45. The zero-order valence-corrected chi connectivity index (χ0v) is 7.83. The van der Waals surface area contributed by atoms with E-state index in [2.05, 4.69) is 4.98 Å². The number of nitrogens with zero attached hydrogens (tertiary/aromatic N) is 1. The van der Waals surface area contributed by atoms with Gasteiger partial charge in [0.25, 0.3) is 6.43 Å². The molecule has 0 aliphatic carbocycles. The summed E-state index contributed by atoms with van der Waals surface area (Å²) in [6.07, 6.45) is -3.61. The van der Waals surface area contributed by atoms with Gasteiger partial charge in [-0.2, -0.15) is 5.26 Å². The Kier molecular flexibility index (Phi) is 3.35. The van der Waals surface area contributed by atoms with Gasteiger partial charge in [0.1, 0.15) is 11.8 Å². The van der Waals surface area contributed by atoms with Crippen LogP contribution in [0.15, 0.2) is 10.9 Å². The number of rotatable bonds is 3. The Morgan fingerprint density at radius 3 is 2.69 bits per heavy atom. The van der Waals surface area contributed by atoms with Crippen molar-refractivity contribution in [2.75, 3.05) is 0 Å². The lowest BCUT2D eigenvalue weighted by Gasteiger charge is -2.04. The van der Waals surface area contributed by atoms with E-state index in [0.717, 1.165) is 6.07 Å². The minimum absolute atomic E-state index is 0.0848. The summed E-state index contributed by atoms with van der Waals surface area (Å²) in [7, 11) is 0. The van der Waals surface area contributed by atoms with Gasteiger partial charge in [0, 0.05) is 11.8 Å². The highest BCUT2D eigenvalue weighted by molar-refractivity contribution is 5.69. The number of carbonyl (C=O) groups is 1. The number of carboxylic acid groups (broad SMARTS) is 1. The van der Waals surface area contributed by atoms with Crippen molar-refractivity contribution in [2.24, 2.45) is 0 Å². The van der Waals surface area contributed by atoms with E-state index < -0.39 is 35.5 Å². The average Bonchev–Trinajstić information content (AvgIpc) is 2.14. The van der Waals surface area contributed by atoms with E-state index >= 15 is 0 Å². The fraction of sp³-hybridized carbons (Fsp3) is 0.222. The Morgan fingerprint density at radius 2 is 2.25 bits per heavy atom. The average molecular weight is 228 g/mol. The molecule has 0 aliphatic heterocycles. The molecule has 0 aliphatic rings. The van der Waals surface area contributed by atoms with Crippen LogP contribution in [-0.2, 0) is 11.2 Å². The summed E-state index contributed by atoms with van der Waals surface area (Å²) < 4.78 is 24.8. The summed E-state index contributed by atoms with van der Waals surface area (Å²) in [6.45, 7) is 0. The maximum absolute atomic E-state index is 12.4. The van der Waals surface area contributed by atoms with E-state index in [9.17, 15) is 18.4 Å². The molecular weight excluding hydrogens is 222 g/mol. The monoisotopic (exact) mass is 228 g/mol. The lowest BCUT2D eigenvalue weighted by Crippen LogP contribution is -2.16. The molecule has 2 N–H and O–H groups in total. The zero-order valence-electron chi connectivity index (χ0n) is 7.83. The molecule has 0 aromatic carbocycles. The van der Waals surface area contributed by atoms with Crippen molar-refractivity contribution < 1.29 is 18.7 Å². The third-order valence-electron chi connectivity index (χ3n) is 1.80. The molecule has 1 rings (SSSR count). The number of H-pyrrole nitrogens is 1. The molecule has 0 amide bonds. The number of carboxylic acids is 1. The van der Waals surface area contributed by atoms with E-state index in [1.54, 1.807) is 0 Å². The number of hydrogen-bond acceptors (Lipinski definition) is 3. The van der Waals surface area contributed by atoms with Crippen LogP contribution in [0.1, 0.15) is 23.4 Å². The van der Waals surface area contributed by atoms with Crippen LogP contribution >= 0.6 is 0 Å². The third kappa shape index (κ3) is 2.42. The van der Waals surface area contributed by atoms with Gasteiger partial charge in [-0.15, -0.1) is 0 Å². The van der Waals surface area contributed by atoms with Crippen LogP contribution in [0.5, 0.6) is 0 Å². The molecule has 0 saturated heterocycles. The van der Waals surface area contributed by atoms with Gasteiger partial charge in [0.15, 0.2) is 5.43 Å². The van der Waals surface area contributed by atoms with Crippen LogP contribution in [-0.4, -0.2) is 16.1 Å². The van der Waals surface area contributed by atoms with E-state index in [1.807, 2.05) is 0 Å². The Bertz CT molecular complexity index is 516. The van der Waals surface area contributed by atoms with Gasteiger partial charge < -0.3 is 10.1 Å². The lowest BCUT2D eigenvalue weighted by atomic mass is 10.1. The molecule has 0 saturated carbocycles. The number of alkyl halides is 2. The number of aliphatic carboxylic acids is 1. The Hall–Kier alpha value is -2.23. The Balaban J connectivity index is 3.34. The molecule has 0 bridgehead atoms. The number of pyridine rings is 1. The molecule has 0 fully saturated rings. The van der Waals surface area contributed by atoms with Crippen LogP contribution in [0.3, 0.4) is 0 Å². The normalized spacial score (nSPS) is 10.1. The first kappa shape index (κ1) is 11.8. The van der Waals surface area contributed by atoms with E-state index in [-0.39, 0.29) is 5.69 Å². The summed E-state index contributed by atoms with van der Waals surface area (Å²) in [5, 5.41) is 17.0. The molecule has 16 heavy (non-hydrogen) atoms. The molecule has 0 spiro atoms. The molecule has 0 unspecified atom stereocenters. The largest absolute Gasteiger partial charge is 0.481 e. The Morgan fingerprint density at radius 1 is 1.62 bits per heavy atom. The van der Waals surface area contributed by atoms with Crippen LogP contribution in [0.25, 0.3) is 0 Å². The maximum Gasteiger partial charge on any atom is 0.309 e. The van der Waals surface area contributed by atoms with Crippen molar-refractivity contribution in [1.29, 1.82) is 5.26 Å². The summed E-state index contributed by atoms with van der Waals surface area (Å²) in [4.78, 5) is 23.7. The number of hydrogen-bond donors (Lipinski definition) is 2. The highest BCUT2D eigenvalue weighted by Gasteiger charge is 2.19. The van der Waals surface area contributed by atoms with Gasteiger partial charge in [-0.25, -0.2) is 8.78 Å². The van der Waals surface area contributed by atoms with Crippen LogP contribution < -0.4 is 5.43 Å². The third-order valence-corrected chi connectivity index (χ3v) is 1.80. The molecule has 0 radical (unpaired) electrons. The quantitative estimate of drug-likeness (QED) is 0.800. The lowest BCUT2D eigenvalue weighted by molar-refractivity contribution is -0.136. The first-order valence-corrected chi connectivity index (χ1v) is 4.12. The zero-order chi connectivity index (χ0) is 12.3. The molecule has 0 atom stereocenters. The molecule has 1 aromatic heterocycles. The summed E-state index contributed by atoms with van der Waals surface area (Å²) in [6, 6.07) is 2.16. The molecular formula is C9H6F2N2O3. The SMILES string of the molecule is N#Cc1[nH]c(CC(=O)O)cc(=O)c1C(F)F. The maximum atomic E-state index is 12.4. The standard InChI is InChI=1S/C9H6F2N2O3/c10-9(11)8-5(3-12)13-4(1-6(8)14)2-7(15)16/h1,9H,2H2,(H,13,14)(H,15,16). The van der Waals surface area contributed by atoms with Crippen LogP contribution in [0.4, 0.5) is 8.78 Å². The summed E-state index contributed by atoms with van der Waals surface area (Å²) in [5.74, 6) is -1.23. The van der Waals surface area contributed by atoms with Crippen molar-refractivity contribution in [3.05, 3.63) is 33.2 Å². The van der Waals surface area contributed by atoms with E-state index in [4.69, 9.17) is 10.4 Å². The summed E-state index contributed by atoms with van der Waals surface area (Å²) >= 11 is 0. The van der Waals surface area contributed by atoms with Gasteiger partial charge in [-0.3, -0.25) is 9.59 Å². The van der Waals surface area contributed by atoms with Crippen molar-refractivity contribution in [2.45, 2.75) is 12.8 Å². The fourth-order valence-electron chi connectivity index (χ4n) is 1.19. The second kappa shape index (κ2) is 4.53. The molecule has 1 aromatic rings. The topological polar surface area (TPSA) is 93.9 Å². The van der Waals surface area contributed by atoms with Gasteiger partial charge in [0.05, 0.1) is 12.0 Å². The van der Waals surface area contributed by atoms with Crippen molar-refractivity contribution >= 4 is 5.97 Å². The van der Waals surface area contributed by atoms with Gasteiger partial charge in [-0.05, 0) is 0 Å². The number of halogens is 2. The second-order valence-electron chi connectivity index (χ2n) is 2.93. The van der Waals surface area contributed by atoms with Crippen molar-refractivity contribution in [3.63, 3.8) is 0 Å². The molecule has 5 nitrogen and oxygen atoms in total. The number of aromatic nitrogens is 1. The fourth-order valence-corrected chi connectivity index (χ4v) is 1.19. The smallest absolute Gasteiger partial charge is 0.309 e. The van der Waals surface area contributed by atoms with Gasteiger partial charge in [0.2, 0.25) is 0 Å². The Labute approximate surface area is 88.0 Å². The minimum atomic E-state index is -3.07. The predicted molar refractivity (Wildman–Crippen MR) is 48.1 cm³/mol. The van der Waals surface area contributed by atoms with E-state index in [1.165, 1.54) is 6.07 Å². The number of nitrogens with one attached hydrogen (secondary N) is 1. The van der Waals surface area contributed by atoms with Crippen LogP contribution in [0, 0.1) is 11.3 Å². The first-order valence-electron chi connectivity index (χ1n) is 4.12. The summed E-state index contributed by atoms with van der Waals surface area (Å²) in [5.41, 5.74) is -2.66. The molecule has 1 heterocycles.